The first-order chi connectivity index (χ1) is 10.1. The number of fused-ring (bicyclic) bond motifs is 2. The molecular formula is C17H23FN2O. The number of benzene rings is 1. The number of carbonyl (C=O) groups is 1. The molecule has 1 aliphatic heterocycles. The fraction of sp³-hybridized carbons (Fsp3) is 0.588. The van der Waals surface area contributed by atoms with Crippen molar-refractivity contribution in [3.05, 3.63) is 35.1 Å². The predicted molar refractivity (Wildman–Crippen MR) is 80.8 cm³/mol. The van der Waals surface area contributed by atoms with Crippen LogP contribution in [0.1, 0.15) is 49.7 Å². The SMILES string of the molecule is CCNC(=O)CC1CC2(CCNCC2)c2cc(F)ccc21. The van der Waals surface area contributed by atoms with E-state index in [2.05, 4.69) is 10.6 Å². The summed E-state index contributed by atoms with van der Waals surface area (Å²) in [6.45, 7) is 4.55. The Hall–Kier alpha value is -1.42. The first kappa shape index (κ1) is 14.5. The third-order valence-corrected chi connectivity index (χ3v) is 5.03. The Morgan fingerprint density at radius 1 is 1.43 bits per heavy atom. The topological polar surface area (TPSA) is 41.1 Å². The Labute approximate surface area is 125 Å². The van der Waals surface area contributed by atoms with Gasteiger partial charge in [-0.2, -0.15) is 0 Å². The molecule has 1 spiro atoms. The highest BCUT2D eigenvalue weighted by molar-refractivity contribution is 5.77. The van der Waals surface area contributed by atoms with Crippen LogP contribution in [0.25, 0.3) is 0 Å². The average Bonchev–Trinajstić information content (AvgIpc) is 2.73. The monoisotopic (exact) mass is 290 g/mol. The molecule has 1 fully saturated rings. The lowest BCUT2D eigenvalue weighted by molar-refractivity contribution is -0.121. The molecule has 1 aromatic carbocycles. The minimum Gasteiger partial charge on any atom is -0.356 e. The molecule has 1 amide bonds. The summed E-state index contributed by atoms with van der Waals surface area (Å²) >= 11 is 0. The van der Waals surface area contributed by atoms with E-state index in [1.807, 2.05) is 13.0 Å². The first-order valence-corrected chi connectivity index (χ1v) is 7.92. The number of nitrogens with one attached hydrogen (secondary N) is 2. The minimum atomic E-state index is -0.162. The van der Waals surface area contributed by atoms with Gasteiger partial charge in [-0.1, -0.05) is 6.07 Å². The summed E-state index contributed by atoms with van der Waals surface area (Å²) in [7, 11) is 0. The Bertz CT molecular complexity index is 538. The Kier molecular flexibility index (Phi) is 3.98. The summed E-state index contributed by atoms with van der Waals surface area (Å²) in [5.41, 5.74) is 2.41. The zero-order chi connectivity index (χ0) is 14.9. The summed E-state index contributed by atoms with van der Waals surface area (Å²) in [4.78, 5) is 11.9. The Morgan fingerprint density at radius 3 is 2.90 bits per heavy atom. The first-order valence-electron chi connectivity index (χ1n) is 7.92. The minimum absolute atomic E-state index is 0.0693. The molecule has 1 aromatic rings. The van der Waals surface area contributed by atoms with Gasteiger partial charge in [-0.05, 0) is 73.9 Å². The average molecular weight is 290 g/mol. The van der Waals surface area contributed by atoms with Crippen LogP contribution in [-0.4, -0.2) is 25.5 Å². The molecule has 1 aliphatic carbocycles. The van der Waals surface area contributed by atoms with E-state index in [-0.39, 0.29) is 23.1 Å². The van der Waals surface area contributed by atoms with Gasteiger partial charge in [0.1, 0.15) is 5.82 Å². The molecular weight excluding hydrogens is 267 g/mol. The normalized spacial score (nSPS) is 23.0. The lowest BCUT2D eigenvalue weighted by Gasteiger charge is -2.35. The molecule has 1 saturated heterocycles. The third kappa shape index (κ3) is 2.69. The van der Waals surface area contributed by atoms with Gasteiger partial charge in [0.05, 0.1) is 0 Å². The maximum atomic E-state index is 13.7. The van der Waals surface area contributed by atoms with Gasteiger partial charge >= 0.3 is 0 Å². The van der Waals surface area contributed by atoms with Gasteiger partial charge in [0.15, 0.2) is 0 Å². The molecule has 1 atom stereocenters. The van der Waals surface area contributed by atoms with Gasteiger partial charge in [0.2, 0.25) is 5.91 Å². The second kappa shape index (κ2) is 5.76. The lowest BCUT2D eigenvalue weighted by atomic mass is 9.73. The number of piperidine rings is 1. The van der Waals surface area contributed by atoms with Crippen molar-refractivity contribution in [2.75, 3.05) is 19.6 Å². The Morgan fingerprint density at radius 2 is 2.19 bits per heavy atom. The second-order valence-electron chi connectivity index (χ2n) is 6.32. The van der Waals surface area contributed by atoms with Crippen LogP contribution in [-0.2, 0) is 10.2 Å². The summed E-state index contributed by atoms with van der Waals surface area (Å²) in [5.74, 6) is 0.166. The van der Waals surface area contributed by atoms with Gasteiger partial charge in [-0.15, -0.1) is 0 Å². The van der Waals surface area contributed by atoms with E-state index >= 15 is 0 Å². The van der Waals surface area contributed by atoms with Crippen LogP contribution in [0, 0.1) is 5.82 Å². The number of hydrogen-bond acceptors (Lipinski definition) is 2. The zero-order valence-corrected chi connectivity index (χ0v) is 12.5. The molecule has 0 saturated carbocycles. The van der Waals surface area contributed by atoms with E-state index in [0.717, 1.165) is 37.9 Å². The molecule has 3 rings (SSSR count). The summed E-state index contributed by atoms with van der Waals surface area (Å²) in [6.07, 6.45) is 3.57. The van der Waals surface area contributed by atoms with E-state index in [9.17, 15) is 9.18 Å². The molecule has 21 heavy (non-hydrogen) atoms. The fourth-order valence-corrected chi connectivity index (χ4v) is 4.09. The number of carbonyl (C=O) groups excluding carboxylic acids is 1. The molecule has 3 nitrogen and oxygen atoms in total. The van der Waals surface area contributed by atoms with Gasteiger partial charge in [0, 0.05) is 13.0 Å². The number of halogens is 1. The smallest absolute Gasteiger partial charge is 0.220 e. The number of rotatable bonds is 3. The van der Waals surface area contributed by atoms with Crippen molar-refractivity contribution in [1.29, 1.82) is 0 Å². The van der Waals surface area contributed by atoms with E-state index in [0.29, 0.717) is 13.0 Å². The van der Waals surface area contributed by atoms with Crippen LogP contribution in [0.3, 0.4) is 0 Å². The molecule has 2 N–H and O–H groups in total. The summed E-state index contributed by atoms with van der Waals surface area (Å²) < 4.78 is 13.7. The molecule has 114 valence electrons. The van der Waals surface area contributed by atoms with Crippen LogP contribution in [0.15, 0.2) is 18.2 Å². The van der Waals surface area contributed by atoms with Crippen LogP contribution < -0.4 is 10.6 Å². The van der Waals surface area contributed by atoms with Crippen molar-refractivity contribution in [1.82, 2.24) is 10.6 Å². The highest BCUT2D eigenvalue weighted by atomic mass is 19.1. The van der Waals surface area contributed by atoms with Crippen LogP contribution in [0.4, 0.5) is 4.39 Å². The fourth-order valence-electron chi connectivity index (χ4n) is 4.09. The van der Waals surface area contributed by atoms with Crippen molar-refractivity contribution in [3.63, 3.8) is 0 Å². The van der Waals surface area contributed by atoms with E-state index in [1.54, 1.807) is 6.07 Å². The maximum absolute atomic E-state index is 13.7. The van der Waals surface area contributed by atoms with Crippen LogP contribution >= 0.6 is 0 Å². The maximum Gasteiger partial charge on any atom is 0.220 e. The van der Waals surface area contributed by atoms with Crippen molar-refractivity contribution in [3.8, 4) is 0 Å². The molecule has 0 aromatic heterocycles. The van der Waals surface area contributed by atoms with E-state index in [1.165, 1.54) is 11.6 Å². The largest absolute Gasteiger partial charge is 0.356 e. The molecule has 1 unspecified atom stereocenters. The quantitative estimate of drug-likeness (QED) is 0.898. The standard InChI is InChI=1S/C17H23FN2O/c1-2-20-16(21)9-12-11-17(5-7-19-8-6-17)15-10-13(18)3-4-14(12)15/h3-4,10,12,19H,2,5-9,11H2,1H3,(H,20,21). The van der Waals surface area contributed by atoms with E-state index < -0.39 is 0 Å². The molecule has 0 radical (unpaired) electrons. The van der Waals surface area contributed by atoms with Crippen molar-refractivity contribution in [2.24, 2.45) is 0 Å². The van der Waals surface area contributed by atoms with Crippen molar-refractivity contribution >= 4 is 5.91 Å². The highest BCUT2D eigenvalue weighted by Crippen LogP contribution is 2.52. The van der Waals surface area contributed by atoms with Crippen LogP contribution in [0.5, 0.6) is 0 Å². The lowest BCUT2D eigenvalue weighted by Crippen LogP contribution is -2.38. The molecule has 1 heterocycles. The summed E-state index contributed by atoms with van der Waals surface area (Å²) in [5, 5.41) is 6.26. The van der Waals surface area contributed by atoms with Gasteiger partial charge in [0.25, 0.3) is 0 Å². The van der Waals surface area contributed by atoms with Gasteiger partial charge in [-0.3, -0.25) is 4.79 Å². The second-order valence-corrected chi connectivity index (χ2v) is 6.32. The third-order valence-electron chi connectivity index (χ3n) is 5.03. The Balaban J connectivity index is 1.91. The van der Waals surface area contributed by atoms with Gasteiger partial charge < -0.3 is 10.6 Å². The number of hydrogen-bond donors (Lipinski definition) is 2. The van der Waals surface area contributed by atoms with Gasteiger partial charge in [-0.25, -0.2) is 4.39 Å². The number of amides is 1. The molecule has 4 heteroatoms. The highest BCUT2D eigenvalue weighted by Gasteiger charge is 2.44. The van der Waals surface area contributed by atoms with Crippen LogP contribution in [0.2, 0.25) is 0 Å². The summed E-state index contributed by atoms with van der Waals surface area (Å²) in [6, 6.07) is 5.13. The van der Waals surface area contributed by atoms with E-state index in [4.69, 9.17) is 0 Å². The molecule has 2 aliphatic rings. The van der Waals surface area contributed by atoms with Crippen molar-refractivity contribution in [2.45, 2.75) is 43.9 Å². The zero-order valence-electron chi connectivity index (χ0n) is 12.5. The van der Waals surface area contributed by atoms with Crippen molar-refractivity contribution < 1.29 is 9.18 Å². The molecule has 0 bridgehead atoms. The predicted octanol–water partition coefficient (Wildman–Crippen LogP) is 2.46.